The number of sulfonamides is 1. The zero-order valence-corrected chi connectivity index (χ0v) is 19.5. The number of carbonyl (C=O) groups is 1. The predicted octanol–water partition coefficient (Wildman–Crippen LogP) is 4.06. The number of benzene rings is 2. The van der Waals surface area contributed by atoms with Crippen LogP contribution in [0.2, 0.25) is 0 Å². The van der Waals surface area contributed by atoms with E-state index < -0.39 is 15.9 Å². The Morgan fingerprint density at radius 1 is 1.06 bits per heavy atom. The highest BCUT2D eigenvalue weighted by Crippen LogP contribution is 2.36. The number of hydrogen-bond acceptors (Lipinski definition) is 5. The normalized spacial score (nSPS) is 17.4. The third-order valence-corrected chi connectivity index (χ3v) is 8.34. The first-order chi connectivity index (χ1) is 15.8. The highest BCUT2D eigenvalue weighted by Gasteiger charge is 2.36. The van der Waals surface area contributed by atoms with Crippen molar-refractivity contribution < 1.29 is 13.2 Å². The van der Waals surface area contributed by atoms with E-state index in [9.17, 15) is 13.2 Å². The van der Waals surface area contributed by atoms with Gasteiger partial charge in [0.1, 0.15) is 0 Å². The molecule has 1 atom stereocenters. The number of amides is 1. The number of nitrogens with zero attached hydrogens (tertiary/aromatic N) is 3. The first-order valence-corrected chi connectivity index (χ1v) is 12.7. The van der Waals surface area contributed by atoms with Crippen molar-refractivity contribution in [1.29, 1.82) is 0 Å². The molecule has 7 nitrogen and oxygen atoms in total. The second-order valence-electron chi connectivity index (χ2n) is 8.73. The molecule has 1 amide bonds. The standard InChI is InChI=1S/C25H26N4O3S/c1-16-14-18-8-3-6-13-23(18)29(16)33(31,32)20-10-7-9-19(15-20)24(30)28-25-26-17(2)21-11-4-5-12-22(21)27-25/h3,6-10,13,15-16H,4-5,11-12,14H2,1-2H3,(H,26,27,28,30). The van der Waals surface area contributed by atoms with Crippen LogP contribution in [0.15, 0.2) is 53.4 Å². The van der Waals surface area contributed by atoms with E-state index in [2.05, 4.69) is 15.3 Å². The number of aryl methyl sites for hydroxylation is 2. The van der Waals surface area contributed by atoms with Crippen LogP contribution in [0.25, 0.3) is 0 Å². The molecular weight excluding hydrogens is 436 g/mol. The molecule has 2 heterocycles. The van der Waals surface area contributed by atoms with Crippen LogP contribution in [0.3, 0.4) is 0 Å². The van der Waals surface area contributed by atoms with E-state index in [1.165, 1.54) is 22.0 Å². The molecule has 2 aromatic carbocycles. The Bertz CT molecular complexity index is 1350. The van der Waals surface area contributed by atoms with Crippen molar-refractivity contribution in [3.63, 3.8) is 0 Å². The summed E-state index contributed by atoms with van der Waals surface area (Å²) >= 11 is 0. The fourth-order valence-electron chi connectivity index (χ4n) is 4.83. The van der Waals surface area contributed by atoms with Gasteiger partial charge in [0.25, 0.3) is 15.9 Å². The third kappa shape index (κ3) is 3.88. The van der Waals surface area contributed by atoms with Crippen LogP contribution in [-0.2, 0) is 29.3 Å². The van der Waals surface area contributed by atoms with Crippen LogP contribution in [0.1, 0.15) is 52.6 Å². The van der Waals surface area contributed by atoms with Gasteiger partial charge in [0.15, 0.2) is 0 Å². The average molecular weight is 463 g/mol. The molecule has 1 aromatic heterocycles. The van der Waals surface area contributed by atoms with Crippen LogP contribution in [0.4, 0.5) is 11.6 Å². The van der Waals surface area contributed by atoms with E-state index in [0.29, 0.717) is 12.1 Å². The number of rotatable bonds is 4. The van der Waals surface area contributed by atoms with Gasteiger partial charge in [-0.15, -0.1) is 0 Å². The minimum Gasteiger partial charge on any atom is -0.290 e. The van der Waals surface area contributed by atoms with Crippen molar-refractivity contribution in [3.05, 3.63) is 76.6 Å². The fraction of sp³-hybridized carbons (Fsp3) is 0.320. The van der Waals surface area contributed by atoms with E-state index in [-0.39, 0.29) is 22.4 Å². The molecule has 1 aliphatic heterocycles. The lowest BCUT2D eigenvalue weighted by molar-refractivity contribution is 0.102. The molecule has 0 spiro atoms. The number of anilines is 2. The molecule has 1 N–H and O–H groups in total. The van der Waals surface area contributed by atoms with Gasteiger partial charge in [0.05, 0.1) is 10.6 Å². The number of carbonyl (C=O) groups excluding carboxylic acids is 1. The Hall–Kier alpha value is -3.26. The summed E-state index contributed by atoms with van der Waals surface area (Å²) in [5.41, 5.74) is 4.98. The minimum absolute atomic E-state index is 0.0845. The third-order valence-electron chi connectivity index (χ3n) is 6.41. The molecule has 0 saturated heterocycles. The summed E-state index contributed by atoms with van der Waals surface area (Å²) < 4.78 is 28.5. The van der Waals surface area contributed by atoms with E-state index in [1.807, 2.05) is 38.1 Å². The molecule has 0 radical (unpaired) electrons. The van der Waals surface area contributed by atoms with Crippen molar-refractivity contribution in [3.8, 4) is 0 Å². The highest BCUT2D eigenvalue weighted by molar-refractivity contribution is 7.92. The lowest BCUT2D eigenvalue weighted by Gasteiger charge is -2.24. The van der Waals surface area contributed by atoms with Gasteiger partial charge in [0, 0.05) is 23.0 Å². The predicted molar refractivity (Wildman–Crippen MR) is 127 cm³/mol. The van der Waals surface area contributed by atoms with Crippen molar-refractivity contribution in [2.75, 3.05) is 9.62 Å². The van der Waals surface area contributed by atoms with Crippen molar-refractivity contribution >= 4 is 27.6 Å². The van der Waals surface area contributed by atoms with Gasteiger partial charge in [-0.1, -0.05) is 24.3 Å². The Labute approximate surface area is 193 Å². The van der Waals surface area contributed by atoms with Crippen LogP contribution in [-0.4, -0.2) is 30.3 Å². The summed E-state index contributed by atoms with van der Waals surface area (Å²) in [6.07, 6.45) is 4.71. The van der Waals surface area contributed by atoms with E-state index >= 15 is 0 Å². The Morgan fingerprint density at radius 2 is 1.85 bits per heavy atom. The summed E-state index contributed by atoms with van der Waals surface area (Å²) in [7, 11) is -3.83. The van der Waals surface area contributed by atoms with Crippen LogP contribution >= 0.6 is 0 Å². The monoisotopic (exact) mass is 462 g/mol. The van der Waals surface area contributed by atoms with Gasteiger partial charge in [-0.05, 0) is 81.3 Å². The fourth-order valence-corrected chi connectivity index (χ4v) is 6.57. The molecule has 33 heavy (non-hydrogen) atoms. The zero-order chi connectivity index (χ0) is 23.2. The maximum Gasteiger partial charge on any atom is 0.264 e. The molecule has 1 unspecified atom stereocenters. The quantitative estimate of drug-likeness (QED) is 0.631. The maximum absolute atomic E-state index is 13.5. The Kier molecular flexibility index (Phi) is 5.40. The van der Waals surface area contributed by atoms with Gasteiger partial charge >= 0.3 is 0 Å². The molecule has 8 heteroatoms. The summed E-state index contributed by atoms with van der Waals surface area (Å²) in [5, 5.41) is 2.75. The SMILES string of the molecule is Cc1nc(NC(=O)c2cccc(S(=O)(=O)N3c4ccccc4CC3C)c2)nc2c1CCCC2. The average Bonchev–Trinajstić information content (AvgIpc) is 3.15. The lowest BCUT2D eigenvalue weighted by Crippen LogP contribution is -2.35. The second-order valence-corrected chi connectivity index (χ2v) is 10.5. The molecule has 3 aromatic rings. The highest BCUT2D eigenvalue weighted by atomic mass is 32.2. The molecule has 0 saturated carbocycles. The lowest BCUT2D eigenvalue weighted by atomic mass is 9.95. The van der Waals surface area contributed by atoms with E-state index in [1.54, 1.807) is 12.1 Å². The first-order valence-electron chi connectivity index (χ1n) is 11.2. The van der Waals surface area contributed by atoms with E-state index in [4.69, 9.17) is 0 Å². The zero-order valence-electron chi connectivity index (χ0n) is 18.7. The van der Waals surface area contributed by atoms with Gasteiger partial charge < -0.3 is 0 Å². The van der Waals surface area contributed by atoms with Crippen LogP contribution in [0.5, 0.6) is 0 Å². The summed E-state index contributed by atoms with van der Waals surface area (Å²) in [6, 6.07) is 13.5. The van der Waals surface area contributed by atoms with Gasteiger partial charge in [0.2, 0.25) is 5.95 Å². The summed E-state index contributed by atoms with van der Waals surface area (Å²) in [5.74, 6) is -0.175. The van der Waals surface area contributed by atoms with Crippen molar-refractivity contribution in [1.82, 2.24) is 9.97 Å². The van der Waals surface area contributed by atoms with Crippen LogP contribution < -0.4 is 9.62 Å². The van der Waals surface area contributed by atoms with Crippen molar-refractivity contribution in [2.45, 2.75) is 56.9 Å². The maximum atomic E-state index is 13.5. The summed E-state index contributed by atoms with van der Waals surface area (Å²) in [4.78, 5) is 22.0. The number of aromatic nitrogens is 2. The molecule has 0 fully saturated rings. The van der Waals surface area contributed by atoms with E-state index in [0.717, 1.165) is 42.6 Å². The van der Waals surface area contributed by atoms with Gasteiger partial charge in [-0.25, -0.2) is 18.4 Å². The summed E-state index contributed by atoms with van der Waals surface area (Å²) in [6.45, 7) is 3.83. The Morgan fingerprint density at radius 3 is 2.70 bits per heavy atom. The Balaban J connectivity index is 1.43. The number of hydrogen-bond donors (Lipinski definition) is 1. The number of nitrogens with one attached hydrogen (secondary N) is 1. The molecular formula is C25H26N4O3S. The van der Waals surface area contributed by atoms with Crippen molar-refractivity contribution in [2.24, 2.45) is 0 Å². The van der Waals surface area contributed by atoms with Gasteiger partial charge in [-0.2, -0.15) is 0 Å². The smallest absolute Gasteiger partial charge is 0.264 e. The molecule has 2 aliphatic rings. The first kappa shape index (κ1) is 21.6. The molecule has 5 rings (SSSR count). The topological polar surface area (TPSA) is 92.3 Å². The van der Waals surface area contributed by atoms with Gasteiger partial charge in [-0.3, -0.25) is 14.4 Å². The number of fused-ring (bicyclic) bond motifs is 2. The molecule has 1 aliphatic carbocycles. The minimum atomic E-state index is -3.83. The number of para-hydroxylation sites is 1. The largest absolute Gasteiger partial charge is 0.290 e. The second kappa shape index (κ2) is 8.26. The molecule has 170 valence electrons. The molecule has 0 bridgehead atoms. The van der Waals surface area contributed by atoms with Crippen LogP contribution in [0, 0.1) is 6.92 Å².